The van der Waals surface area contributed by atoms with Crippen LogP contribution in [0, 0.1) is 27.7 Å². The molecule has 0 bridgehead atoms. The first kappa shape index (κ1) is 26.0. The van der Waals surface area contributed by atoms with Crippen molar-refractivity contribution in [2.24, 2.45) is 0 Å². The number of thiocarbonyl (C=S) groups is 1. The van der Waals surface area contributed by atoms with E-state index in [2.05, 4.69) is 109 Å². The number of rotatable bonds is 8. The number of anilines is 1. The molecule has 4 aromatic rings. The Balaban J connectivity index is 1.54. The zero-order chi connectivity index (χ0) is 25.7. The minimum atomic E-state index is 0.724. The molecular weight excluding hydrogens is 482 g/mol. The fourth-order valence-electron chi connectivity index (χ4n) is 4.47. The first-order valence-corrected chi connectivity index (χ1v) is 13.1. The van der Waals surface area contributed by atoms with Gasteiger partial charge in [0.1, 0.15) is 0 Å². The monoisotopic (exact) mass is 515 g/mol. The van der Waals surface area contributed by atoms with E-state index < -0.39 is 0 Å². The van der Waals surface area contributed by atoms with Gasteiger partial charge < -0.3 is 14.8 Å². The Hall–Kier alpha value is -3.08. The lowest BCUT2D eigenvalue weighted by atomic mass is 10.1. The Labute approximate surface area is 225 Å². The van der Waals surface area contributed by atoms with Crippen LogP contribution in [0.3, 0.4) is 0 Å². The van der Waals surface area contributed by atoms with E-state index in [1.54, 1.807) is 0 Å². The summed E-state index contributed by atoms with van der Waals surface area (Å²) in [5.74, 6) is 0. The van der Waals surface area contributed by atoms with Crippen LogP contribution in [0.1, 0.15) is 39.1 Å². The van der Waals surface area contributed by atoms with Crippen LogP contribution in [0.25, 0.3) is 0 Å². The second-order valence-corrected chi connectivity index (χ2v) is 10.4. The highest BCUT2D eigenvalue weighted by atomic mass is 35.5. The molecule has 1 N–H and O–H groups in total. The third-order valence-corrected chi connectivity index (χ3v) is 7.22. The summed E-state index contributed by atoms with van der Waals surface area (Å²) in [5, 5.41) is 4.99. The molecule has 0 unspecified atom stereocenters. The van der Waals surface area contributed by atoms with E-state index in [4.69, 9.17) is 23.8 Å². The van der Waals surface area contributed by atoms with Crippen LogP contribution < -0.4 is 5.32 Å². The third kappa shape index (κ3) is 6.77. The summed E-state index contributed by atoms with van der Waals surface area (Å²) < 4.78 is 2.33. The molecule has 1 heterocycles. The van der Waals surface area contributed by atoms with Crippen molar-refractivity contribution < 1.29 is 0 Å². The Bertz CT molecular complexity index is 1340. The van der Waals surface area contributed by atoms with E-state index in [0.29, 0.717) is 0 Å². The summed E-state index contributed by atoms with van der Waals surface area (Å²) in [7, 11) is 0. The van der Waals surface area contributed by atoms with E-state index in [1.807, 2.05) is 12.1 Å². The molecule has 0 atom stereocenters. The van der Waals surface area contributed by atoms with Gasteiger partial charge in [-0.15, -0.1) is 0 Å². The van der Waals surface area contributed by atoms with Gasteiger partial charge in [0, 0.05) is 35.7 Å². The molecule has 0 aliphatic carbocycles. The molecule has 3 aromatic carbocycles. The molecule has 0 aliphatic rings. The fourth-order valence-corrected chi connectivity index (χ4v) is 4.86. The second-order valence-electron chi connectivity index (χ2n) is 9.60. The first-order valence-electron chi connectivity index (χ1n) is 12.4. The Morgan fingerprint density at radius 3 is 2.28 bits per heavy atom. The van der Waals surface area contributed by atoms with E-state index in [9.17, 15) is 0 Å². The van der Waals surface area contributed by atoms with Gasteiger partial charge in [-0.2, -0.15) is 0 Å². The molecule has 0 fully saturated rings. The van der Waals surface area contributed by atoms with Crippen LogP contribution in [0.15, 0.2) is 79.0 Å². The Morgan fingerprint density at radius 1 is 0.889 bits per heavy atom. The minimum absolute atomic E-state index is 0.724. The number of benzene rings is 3. The topological polar surface area (TPSA) is 20.2 Å². The number of hydrogen-bond donors (Lipinski definition) is 1. The van der Waals surface area contributed by atoms with Crippen LogP contribution in [-0.4, -0.2) is 21.1 Å². The maximum Gasteiger partial charge on any atom is 0.173 e. The number of nitrogens with zero attached hydrogens (tertiary/aromatic N) is 2. The standard InChI is InChI=1S/C31H34ClN3S/c1-22-7-11-27(24(3)18-22)20-34-16-5-6-29(34)21-35(17-15-26-9-12-28(32)13-10-26)31(36)33-30-14-8-23(2)19-25(30)4/h5-14,16,18-19H,15,17,20-21H2,1-4H3,(H,33,36). The van der Waals surface area contributed by atoms with Crippen LogP contribution >= 0.6 is 23.8 Å². The highest BCUT2D eigenvalue weighted by Crippen LogP contribution is 2.19. The smallest absolute Gasteiger partial charge is 0.173 e. The Morgan fingerprint density at radius 2 is 1.58 bits per heavy atom. The van der Waals surface area contributed by atoms with Crippen LogP contribution in [0.4, 0.5) is 5.69 Å². The summed E-state index contributed by atoms with van der Waals surface area (Å²) in [5.41, 5.74) is 9.90. The molecule has 0 spiro atoms. The average Bonchev–Trinajstić information content (AvgIpc) is 3.27. The van der Waals surface area contributed by atoms with Crippen molar-refractivity contribution in [1.82, 2.24) is 9.47 Å². The number of hydrogen-bond acceptors (Lipinski definition) is 1. The van der Waals surface area contributed by atoms with Gasteiger partial charge in [-0.1, -0.05) is 65.2 Å². The van der Waals surface area contributed by atoms with Crippen LogP contribution in [-0.2, 0) is 19.5 Å². The summed E-state index contributed by atoms with van der Waals surface area (Å²) in [6.07, 6.45) is 3.04. The molecule has 0 aliphatic heterocycles. The third-order valence-electron chi connectivity index (χ3n) is 6.61. The largest absolute Gasteiger partial charge is 0.345 e. The quantitative estimate of drug-likeness (QED) is 0.241. The van der Waals surface area contributed by atoms with Crippen molar-refractivity contribution in [3.63, 3.8) is 0 Å². The van der Waals surface area contributed by atoms with Crippen molar-refractivity contribution in [3.05, 3.63) is 123 Å². The van der Waals surface area contributed by atoms with E-state index >= 15 is 0 Å². The molecule has 0 amide bonds. The number of aromatic nitrogens is 1. The summed E-state index contributed by atoms with van der Waals surface area (Å²) >= 11 is 12.0. The molecule has 186 valence electrons. The van der Waals surface area contributed by atoms with E-state index in [0.717, 1.165) is 41.9 Å². The normalized spacial score (nSPS) is 10.9. The van der Waals surface area contributed by atoms with Gasteiger partial charge >= 0.3 is 0 Å². The molecule has 0 radical (unpaired) electrons. The molecule has 0 saturated carbocycles. The average molecular weight is 516 g/mol. The highest BCUT2D eigenvalue weighted by molar-refractivity contribution is 7.80. The van der Waals surface area contributed by atoms with Crippen molar-refractivity contribution in [1.29, 1.82) is 0 Å². The van der Waals surface area contributed by atoms with Gasteiger partial charge in [0.05, 0.1) is 6.54 Å². The maximum absolute atomic E-state index is 6.10. The molecule has 3 nitrogen and oxygen atoms in total. The summed E-state index contributed by atoms with van der Waals surface area (Å²) in [6, 6.07) is 25.5. The van der Waals surface area contributed by atoms with E-state index in [-0.39, 0.29) is 0 Å². The van der Waals surface area contributed by atoms with Gasteiger partial charge in [-0.05, 0) is 98.9 Å². The number of aryl methyl sites for hydroxylation is 4. The highest BCUT2D eigenvalue weighted by Gasteiger charge is 2.15. The van der Waals surface area contributed by atoms with Gasteiger partial charge in [0.25, 0.3) is 0 Å². The number of halogens is 1. The minimum Gasteiger partial charge on any atom is -0.345 e. The zero-order valence-electron chi connectivity index (χ0n) is 21.5. The zero-order valence-corrected chi connectivity index (χ0v) is 23.1. The summed E-state index contributed by atoms with van der Waals surface area (Å²) in [4.78, 5) is 2.26. The molecule has 1 aromatic heterocycles. The summed E-state index contributed by atoms with van der Waals surface area (Å²) in [6.45, 7) is 10.9. The lowest BCUT2D eigenvalue weighted by Crippen LogP contribution is -2.36. The molecule has 0 saturated heterocycles. The predicted octanol–water partition coefficient (Wildman–Crippen LogP) is 7.87. The van der Waals surface area contributed by atoms with Crippen LogP contribution in [0.5, 0.6) is 0 Å². The second kappa shape index (κ2) is 11.8. The molecule has 4 rings (SSSR count). The van der Waals surface area contributed by atoms with Gasteiger partial charge in [0.15, 0.2) is 5.11 Å². The fraction of sp³-hybridized carbons (Fsp3) is 0.258. The predicted molar refractivity (Wildman–Crippen MR) is 157 cm³/mol. The van der Waals surface area contributed by atoms with Gasteiger partial charge in [-0.25, -0.2) is 0 Å². The van der Waals surface area contributed by atoms with Crippen molar-refractivity contribution in [3.8, 4) is 0 Å². The van der Waals surface area contributed by atoms with Gasteiger partial charge in [-0.3, -0.25) is 0 Å². The molecule has 36 heavy (non-hydrogen) atoms. The van der Waals surface area contributed by atoms with Crippen LogP contribution in [0.2, 0.25) is 5.02 Å². The Kier molecular flexibility index (Phi) is 8.50. The lowest BCUT2D eigenvalue weighted by molar-refractivity contribution is 0.409. The first-order chi connectivity index (χ1) is 17.3. The lowest BCUT2D eigenvalue weighted by Gasteiger charge is -2.27. The van der Waals surface area contributed by atoms with Gasteiger partial charge in [0.2, 0.25) is 0 Å². The van der Waals surface area contributed by atoms with Crippen molar-refractivity contribution in [2.75, 3.05) is 11.9 Å². The van der Waals surface area contributed by atoms with Crippen molar-refractivity contribution in [2.45, 2.75) is 47.2 Å². The van der Waals surface area contributed by atoms with Crippen molar-refractivity contribution >= 4 is 34.6 Å². The van der Waals surface area contributed by atoms with E-state index in [1.165, 1.54) is 39.1 Å². The molecule has 5 heteroatoms. The molecular formula is C31H34ClN3S. The SMILES string of the molecule is Cc1ccc(Cn2cccc2CN(CCc2ccc(Cl)cc2)C(=S)Nc2ccc(C)cc2C)c(C)c1. The number of nitrogens with one attached hydrogen (secondary N) is 1. The maximum atomic E-state index is 6.10.